The van der Waals surface area contributed by atoms with E-state index < -0.39 is 0 Å². The first-order chi connectivity index (χ1) is 14.9. The predicted molar refractivity (Wildman–Crippen MR) is 128 cm³/mol. The van der Waals surface area contributed by atoms with Crippen molar-refractivity contribution < 1.29 is 4.79 Å². The number of hydrogen-bond donors (Lipinski definition) is 0. The van der Waals surface area contributed by atoms with Gasteiger partial charge in [-0.2, -0.15) is 0 Å². The maximum Gasteiger partial charge on any atom is 0.229 e. The van der Waals surface area contributed by atoms with E-state index in [4.69, 9.17) is 11.6 Å². The molecule has 31 heavy (non-hydrogen) atoms. The highest BCUT2D eigenvalue weighted by atomic mass is 35.5. The van der Waals surface area contributed by atoms with Gasteiger partial charge in [-0.05, 0) is 69.8 Å². The number of amides is 1. The maximum atomic E-state index is 13.1. The number of pyridine rings is 1. The third-order valence-electron chi connectivity index (χ3n) is 6.71. The first-order valence-electron chi connectivity index (χ1n) is 11.1. The maximum absolute atomic E-state index is 13.1. The van der Waals surface area contributed by atoms with Crippen molar-refractivity contribution in [1.29, 1.82) is 0 Å². The van der Waals surface area contributed by atoms with E-state index in [-0.39, 0.29) is 11.8 Å². The van der Waals surface area contributed by atoms with Crippen LogP contribution in [0.25, 0.3) is 0 Å². The second-order valence-electron chi connectivity index (χ2n) is 8.86. The molecule has 1 amide bonds. The number of halogens is 1. The fraction of sp³-hybridized carbons (Fsp3) is 0.500. The number of anilines is 3. The average Bonchev–Trinajstić information content (AvgIpc) is 3.30. The molecule has 0 saturated carbocycles. The number of carbonyl (C=O) groups excluding carboxylic acids is 1. The van der Waals surface area contributed by atoms with Gasteiger partial charge in [0.25, 0.3) is 0 Å². The number of hydrogen-bond acceptors (Lipinski definition) is 5. The van der Waals surface area contributed by atoms with Crippen molar-refractivity contribution in [3.8, 4) is 0 Å². The van der Waals surface area contributed by atoms with Crippen LogP contribution < -0.4 is 14.7 Å². The fourth-order valence-corrected chi connectivity index (χ4v) is 4.71. The lowest BCUT2D eigenvalue weighted by atomic mass is 9.95. The molecular weight excluding hydrogens is 410 g/mol. The number of nitrogens with zero attached hydrogens (tertiary/aromatic N) is 5. The van der Waals surface area contributed by atoms with Crippen LogP contribution in [0, 0.1) is 5.92 Å². The molecular formula is C24H32ClN5O. The zero-order chi connectivity index (χ0) is 22.0. The monoisotopic (exact) mass is 441 g/mol. The van der Waals surface area contributed by atoms with E-state index >= 15 is 0 Å². The predicted octanol–water partition coefficient (Wildman–Crippen LogP) is 3.75. The zero-order valence-corrected chi connectivity index (χ0v) is 19.4. The minimum atomic E-state index is 0.0488. The van der Waals surface area contributed by atoms with E-state index in [1.54, 1.807) is 6.20 Å². The Kier molecular flexibility index (Phi) is 6.68. The Morgan fingerprint density at radius 1 is 0.968 bits per heavy atom. The molecule has 3 heterocycles. The summed E-state index contributed by atoms with van der Waals surface area (Å²) in [7, 11) is 6.19. The van der Waals surface area contributed by atoms with Crippen LogP contribution in [0.15, 0.2) is 42.6 Å². The summed E-state index contributed by atoms with van der Waals surface area (Å²) in [6.45, 7) is 3.81. The summed E-state index contributed by atoms with van der Waals surface area (Å²) in [5.74, 6) is 1.18. The van der Waals surface area contributed by atoms with Crippen molar-refractivity contribution in [3.63, 3.8) is 0 Å². The van der Waals surface area contributed by atoms with Crippen LogP contribution in [0.2, 0.25) is 5.02 Å². The highest BCUT2D eigenvalue weighted by Crippen LogP contribution is 2.28. The van der Waals surface area contributed by atoms with Gasteiger partial charge in [-0.25, -0.2) is 4.98 Å². The van der Waals surface area contributed by atoms with Crippen molar-refractivity contribution in [2.75, 3.05) is 62.0 Å². The van der Waals surface area contributed by atoms with Crippen LogP contribution in [0.4, 0.5) is 17.2 Å². The summed E-state index contributed by atoms with van der Waals surface area (Å²) in [4.78, 5) is 26.3. The van der Waals surface area contributed by atoms with Crippen LogP contribution in [-0.4, -0.2) is 69.2 Å². The van der Waals surface area contributed by atoms with Gasteiger partial charge in [0.15, 0.2) is 0 Å². The summed E-state index contributed by atoms with van der Waals surface area (Å²) in [6, 6.07) is 12.8. The van der Waals surface area contributed by atoms with Crippen LogP contribution >= 0.6 is 11.6 Å². The fourth-order valence-electron chi connectivity index (χ4n) is 4.60. The van der Waals surface area contributed by atoms with Crippen molar-refractivity contribution in [3.05, 3.63) is 47.6 Å². The molecule has 7 heteroatoms. The summed E-state index contributed by atoms with van der Waals surface area (Å²) < 4.78 is 0. The molecule has 6 nitrogen and oxygen atoms in total. The molecule has 2 aromatic rings. The molecule has 4 rings (SSSR count). The molecule has 0 aliphatic carbocycles. The highest BCUT2D eigenvalue weighted by Gasteiger charge is 2.29. The number of likely N-dealkylation sites (N-methyl/N-ethyl adjacent to an activating group) is 1. The molecule has 2 aliphatic heterocycles. The van der Waals surface area contributed by atoms with Crippen LogP contribution in [0.5, 0.6) is 0 Å². The van der Waals surface area contributed by atoms with E-state index in [1.165, 1.54) is 12.1 Å². The lowest BCUT2D eigenvalue weighted by Gasteiger charge is -2.34. The molecule has 1 unspecified atom stereocenters. The van der Waals surface area contributed by atoms with Crippen molar-refractivity contribution in [2.45, 2.75) is 25.3 Å². The van der Waals surface area contributed by atoms with Gasteiger partial charge in [0, 0.05) is 62.8 Å². The average molecular weight is 442 g/mol. The molecule has 1 atom stereocenters. The third kappa shape index (κ3) is 4.96. The Balaban J connectivity index is 1.32. The van der Waals surface area contributed by atoms with E-state index in [1.807, 2.05) is 24.1 Å². The number of carbonyl (C=O) groups is 1. The van der Waals surface area contributed by atoms with E-state index in [9.17, 15) is 4.79 Å². The van der Waals surface area contributed by atoms with Crippen molar-refractivity contribution in [1.82, 2.24) is 9.88 Å². The summed E-state index contributed by atoms with van der Waals surface area (Å²) in [5.41, 5.74) is 2.19. The molecule has 1 aromatic carbocycles. The molecule has 1 aromatic heterocycles. The van der Waals surface area contributed by atoms with Crippen LogP contribution in [0.3, 0.4) is 0 Å². The van der Waals surface area contributed by atoms with E-state index in [0.29, 0.717) is 11.1 Å². The second kappa shape index (κ2) is 9.45. The Morgan fingerprint density at radius 3 is 2.23 bits per heavy atom. The Morgan fingerprint density at radius 2 is 1.65 bits per heavy atom. The Hall–Kier alpha value is -2.31. The number of rotatable bonds is 5. The second-order valence-corrected chi connectivity index (χ2v) is 9.30. The SMILES string of the molecule is CN(C(=O)C1CCN(c2ccc(Cl)cn2)CC1)c1ccc(N2CCC(N(C)C)C2)cc1. The molecule has 0 spiro atoms. The topological polar surface area (TPSA) is 42.9 Å². The molecule has 166 valence electrons. The molecule has 2 aliphatic rings. The van der Waals surface area contributed by atoms with Gasteiger partial charge >= 0.3 is 0 Å². The smallest absolute Gasteiger partial charge is 0.229 e. The molecule has 2 fully saturated rings. The molecule has 2 saturated heterocycles. The zero-order valence-electron chi connectivity index (χ0n) is 18.7. The lowest BCUT2D eigenvalue weighted by molar-refractivity contribution is -0.122. The Bertz CT molecular complexity index is 878. The molecule has 0 radical (unpaired) electrons. The van der Waals surface area contributed by atoms with Gasteiger partial charge in [-0.15, -0.1) is 0 Å². The first-order valence-corrected chi connectivity index (χ1v) is 11.5. The summed E-state index contributed by atoms with van der Waals surface area (Å²) in [5, 5.41) is 0.642. The minimum absolute atomic E-state index is 0.0488. The van der Waals surface area contributed by atoms with Gasteiger partial charge in [-0.3, -0.25) is 4.79 Å². The van der Waals surface area contributed by atoms with Gasteiger partial charge < -0.3 is 19.6 Å². The molecule has 0 N–H and O–H groups in total. The quantitative estimate of drug-likeness (QED) is 0.706. The lowest BCUT2D eigenvalue weighted by Crippen LogP contribution is -2.41. The largest absolute Gasteiger partial charge is 0.370 e. The van der Waals surface area contributed by atoms with Gasteiger partial charge in [0.05, 0.1) is 5.02 Å². The van der Waals surface area contributed by atoms with Crippen molar-refractivity contribution in [2.24, 2.45) is 5.92 Å². The van der Waals surface area contributed by atoms with Gasteiger partial charge in [-0.1, -0.05) is 11.6 Å². The van der Waals surface area contributed by atoms with Gasteiger partial charge in [0.2, 0.25) is 5.91 Å². The highest BCUT2D eigenvalue weighted by molar-refractivity contribution is 6.30. The summed E-state index contributed by atoms with van der Waals surface area (Å²) in [6.07, 6.45) is 4.54. The number of aromatic nitrogens is 1. The third-order valence-corrected chi connectivity index (χ3v) is 6.93. The van der Waals surface area contributed by atoms with Crippen LogP contribution in [0.1, 0.15) is 19.3 Å². The van der Waals surface area contributed by atoms with E-state index in [0.717, 1.165) is 50.5 Å². The van der Waals surface area contributed by atoms with Crippen molar-refractivity contribution >= 4 is 34.7 Å². The molecule has 0 bridgehead atoms. The normalized spacial score (nSPS) is 19.8. The number of benzene rings is 1. The number of piperidine rings is 1. The first kappa shape index (κ1) is 21.9. The van der Waals surface area contributed by atoms with Crippen LogP contribution in [-0.2, 0) is 4.79 Å². The summed E-state index contributed by atoms with van der Waals surface area (Å²) >= 11 is 5.94. The van der Waals surface area contributed by atoms with Gasteiger partial charge in [0.1, 0.15) is 5.82 Å². The minimum Gasteiger partial charge on any atom is -0.370 e. The Labute approximate surface area is 190 Å². The standard InChI is InChI=1S/C24H32ClN5O/c1-27(2)22-12-15-30(17-22)21-7-5-20(6-8-21)28(3)24(31)18-10-13-29(14-11-18)23-9-4-19(25)16-26-23/h4-9,16,18,22H,10-15,17H2,1-3H3. The van der Waals surface area contributed by atoms with E-state index in [2.05, 4.69) is 58.0 Å².